The number of rotatable bonds is 12. The van der Waals surface area contributed by atoms with Crippen molar-refractivity contribution in [2.75, 3.05) is 16.5 Å². The Labute approximate surface area is 237 Å². The van der Waals surface area contributed by atoms with Crippen LogP contribution >= 0.6 is 0 Å². The molecule has 0 aromatic heterocycles. The molecular weight excluding hydrogens is 627 g/mol. The number of ether oxygens (including phenoxy) is 1. The molecule has 1 aliphatic carbocycles. The maximum absolute atomic E-state index is 13.4. The number of hydrogen-bond donors (Lipinski definition) is 2. The van der Waals surface area contributed by atoms with Crippen LogP contribution in [0, 0.1) is 18.7 Å². The van der Waals surface area contributed by atoms with E-state index in [-0.39, 0.29) is 39.7 Å². The van der Waals surface area contributed by atoms with Crippen LogP contribution in [0.4, 0.5) is 23.2 Å². The number of aryl methyl sites for hydroxylation is 1. The van der Waals surface area contributed by atoms with E-state index in [1.54, 1.807) is 13.0 Å². The average Bonchev–Trinajstić information content (AvgIpc) is 3.73. The van der Waals surface area contributed by atoms with Crippen LogP contribution in [0.1, 0.15) is 74.6 Å². The molecule has 39 heavy (non-hydrogen) atoms. The van der Waals surface area contributed by atoms with Crippen LogP contribution in [0.2, 0.25) is 0 Å². The average molecular weight is 664 g/mol. The zero-order valence-corrected chi connectivity index (χ0v) is 24.4. The fourth-order valence-electron chi connectivity index (χ4n) is 4.94. The molecule has 0 saturated heterocycles. The van der Waals surface area contributed by atoms with Crippen LogP contribution in [0.3, 0.4) is 0 Å². The molecule has 5 nitrogen and oxygen atoms in total. The number of aliphatic hydroxyl groups excluding tert-OH is 1. The summed E-state index contributed by atoms with van der Waals surface area (Å²) in [6.45, 7) is 3.83. The number of amides is 1. The van der Waals surface area contributed by atoms with Gasteiger partial charge in [0, 0.05) is 0 Å². The summed E-state index contributed by atoms with van der Waals surface area (Å²) in [7, 11) is 0. The summed E-state index contributed by atoms with van der Waals surface area (Å²) in [4.78, 5) is 14.5. The number of anilines is 1. The third-order valence-corrected chi connectivity index (χ3v) is 10.2. The normalized spacial score (nSPS) is 18.8. The number of benzene rings is 2. The second kappa shape index (κ2) is 13.1. The third kappa shape index (κ3) is 7.99. The molecule has 2 aliphatic rings. The summed E-state index contributed by atoms with van der Waals surface area (Å²) in [5.74, 6) is -0.221. The summed E-state index contributed by atoms with van der Waals surface area (Å²) < 4.78 is 60.5. The van der Waals surface area contributed by atoms with Crippen LogP contribution < -0.4 is 31.3 Å². The van der Waals surface area contributed by atoms with Gasteiger partial charge in [-0.3, -0.25) is 0 Å². The van der Waals surface area contributed by atoms with Crippen molar-refractivity contribution in [1.82, 2.24) is 4.90 Å². The van der Waals surface area contributed by atoms with Crippen LogP contribution in [0.5, 0.6) is 5.75 Å². The van der Waals surface area contributed by atoms with Gasteiger partial charge in [-0.2, -0.15) is 13.2 Å². The monoisotopic (exact) mass is 663 g/mol. The van der Waals surface area contributed by atoms with Gasteiger partial charge in [0.2, 0.25) is 0 Å². The molecule has 1 aliphatic heterocycles. The first kappa shape index (κ1) is 29.9. The standard InChI is InChI=1S/C29H36F4IN2O3/c1-18-15-22(11-12-24(18)30)35-19(2)34-14-6-4-3-5-7-25(37)28(38)36-17-39-26-13-10-21(29(31,32)33)16-23(26)27(36)20-8-9-20/h10-13,15-16,19-20,25,27,35,37H,3-9,14,17H2,1-2H3/q-1/t19?,25-,27?/m1/s1. The van der Waals surface area contributed by atoms with E-state index in [9.17, 15) is 27.5 Å². The fourth-order valence-corrected chi connectivity index (χ4v) is 7.43. The molecule has 0 bridgehead atoms. The fraction of sp³-hybridized carbons (Fsp3) is 0.552. The van der Waals surface area contributed by atoms with Gasteiger partial charge in [-0.25, -0.2) is 0 Å². The number of hydrogen-bond acceptors (Lipinski definition) is 4. The number of nitrogens with one attached hydrogen (secondary N) is 1. The Balaban J connectivity index is 1.19. The van der Waals surface area contributed by atoms with Crippen molar-refractivity contribution in [1.29, 1.82) is 0 Å². The second-order valence-electron chi connectivity index (χ2n) is 10.4. The van der Waals surface area contributed by atoms with E-state index in [2.05, 4.69) is 12.2 Å². The number of nitrogens with zero attached hydrogens (tertiary/aromatic N) is 1. The third-order valence-electron chi connectivity index (χ3n) is 7.21. The van der Waals surface area contributed by atoms with Crippen molar-refractivity contribution in [3.8, 4) is 5.75 Å². The van der Waals surface area contributed by atoms with Crippen molar-refractivity contribution >= 4 is 11.6 Å². The molecule has 4 rings (SSSR count). The van der Waals surface area contributed by atoms with Gasteiger partial charge < -0.3 is 0 Å². The SMILES string of the molecule is Cc1cc(NC(C)[I-]CCCCCC[C@@H](O)C(=O)N2COc3ccc(C(F)(F)F)cc3C2C2CC2)ccc1F. The summed E-state index contributed by atoms with van der Waals surface area (Å²) in [6.07, 6.45) is -0.00764. The molecule has 2 aromatic carbocycles. The van der Waals surface area contributed by atoms with E-state index >= 15 is 0 Å². The van der Waals surface area contributed by atoms with E-state index in [4.69, 9.17) is 4.74 Å². The quantitative estimate of drug-likeness (QED) is 0.120. The molecule has 10 heteroatoms. The van der Waals surface area contributed by atoms with Crippen molar-refractivity contribution < 1.29 is 53.4 Å². The van der Waals surface area contributed by atoms with Gasteiger partial charge in [0.15, 0.2) is 0 Å². The first-order valence-corrected chi connectivity index (χ1v) is 16.2. The Morgan fingerprint density at radius 2 is 1.90 bits per heavy atom. The predicted octanol–water partition coefficient (Wildman–Crippen LogP) is 3.64. The first-order valence-electron chi connectivity index (χ1n) is 13.5. The van der Waals surface area contributed by atoms with Crippen LogP contribution in [-0.4, -0.2) is 37.2 Å². The molecule has 2 unspecified atom stereocenters. The van der Waals surface area contributed by atoms with Gasteiger partial charge in [-0.05, 0) is 12.1 Å². The first-order chi connectivity index (χ1) is 18.5. The summed E-state index contributed by atoms with van der Waals surface area (Å²) >= 11 is -0.0731. The van der Waals surface area contributed by atoms with Crippen LogP contribution in [0.25, 0.3) is 0 Å². The number of halogens is 5. The molecule has 1 fully saturated rings. The molecule has 1 saturated carbocycles. The Morgan fingerprint density at radius 1 is 1.15 bits per heavy atom. The summed E-state index contributed by atoms with van der Waals surface area (Å²) in [5, 5.41) is 14.1. The molecule has 2 N–H and O–H groups in total. The molecule has 0 radical (unpaired) electrons. The Morgan fingerprint density at radius 3 is 2.59 bits per heavy atom. The van der Waals surface area contributed by atoms with Gasteiger partial charge in [0.25, 0.3) is 0 Å². The zero-order valence-electron chi connectivity index (χ0n) is 22.2. The summed E-state index contributed by atoms with van der Waals surface area (Å²) in [5.41, 5.74) is 1.18. The number of fused-ring (bicyclic) bond motifs is 1. The molecule has 0 spiro atoms. The van der Waals surface area contributed by atoms with E-state index in [0.29, 0.717) is 33.8 Å². The molecule has 216 valence electrons. The van der Waals surface area contributed by atoms with Gasteiger partial charge in [0.05, 0.1) is 5.56 Å². The number of carbonyl (C=O) groups excluding carboxylic acids is 1. The number of aliphatic hydroxyl groups is 1. The molecular formula is C29H36F4IN2O3-. The number of carbonyl (C=O) groups is 1. The minimum absolute atomic E-state index is 0.0667. The van der Waals surface area contributed by atoms with Crippen molar-refractivity contribution in [2.24, 2.45) is 5.92 Å². The van der Waals surface area contributed by atoms with Crippen LogP contribution in [-0.2, 0) is 11.0 Å². The zero-order chi connectivity index (χ0) is 28.2. The van der Waals surface area contributed by atoms with Crippen molar-refractivity contribution in [3.63, 3.8) is 0 Å². The second-order valence-corrected chi connectivity index (χ2v) is 14.2. The van der Waals surface area contributed by atoms with Crippen molar-refractivity contribution in [3.05, 3.63) is 58.9 Å². The minimum atomic E-state index is -4.48. The maximum atomic E-state index is 13.4. The number of unbranched alkanes of at least 4 members (excludes halogenated alkanes) is 3. The van der Waals surface area contributed by atoms with Gasteiger partial charge in [-0.1, -0.05) is 0 Å². The van der Waals surface area contributed by atoms with E-state index < -0.39 is 29.8 Å². The van der Waals surface area contributed by atoms with Crippen LogP contribution in [0.15, 0.2) is 36.4 Å². The van der Waals surface area contributed by atoms with Gasteiger partial charge >= 0.3 is 207 Å². The van der Waals surface area contributed by atoms with E-state index in [1.807, 2.05) is 6.07 Å². The van der Waals surface area contributed by atoms with Crippen molar-refractivity contribution in [2.45, 2.75) is 81.2 Å². The Bertz CT molecular complexity index is 1140. The molecule has 2 aromatic rings. The summed E-state index contributed by atoms with van der Waals surface area (Å²) in [6, 6.07) is 7.98. The molecule has 1 amide bonds. The Kier molecular flexibility index (Phi) is 10.0. The molecule has 3 atom stereocenters. The van der Waals surface area contributed by atoms with E-state index in [1.165, 1.54) is 17.0 Å². The van der Waals surface area contributed by atoms with E-state index in [0.717, 1.165) is 54.4 Å². The number of alkyl halides is 5. The topological polar surface area (TPSA) is 61.8 Å². The molecule has 1 heterocycles. The Hall–Kier alpha value is -2.08. The predicted molar refractivity (Wildman–Crippen MR) is 137 cm³/mol. The van der Waals surface area contributed by atoms with Gasteiger partial charge in [0.1, 0.15) is 0 Å². The van der Waals surface area contributed by atoms with Gasteiger partial charge in [-0.15, -0.1) is 0 Å².